The summed E-state index contributed by atoms with van der Waals surface area (Å²) in [6, 6.07) is 11.8. The van der Waals surface area contributed by atoms with Crippen molar-refractivity contribution < 1.29 is 9.53 Å². The zero-order valence-electron chi connectivity index (χ0n) is 13.7. The molecule has 0 saturated heterocycles. The fourth-order valence-corrected chi connectivity index (χ4v) is 3.34. The number of nitrogens with zero attached hydrogens (tertiary/aromatic N) is 2. The molecule has 130 valence electrons. The van der Waals surface area contributed by atoms with Gasteiger partial charge in [0.05, 0.1) is 12.3 Å². The van der Waals surface area contributed by atoms with Crippen molar-refractivity contribution in [2.24, 2.45) is 0 Å². The van der Waals surface area contributed by atoms with Crippen LogP contribution in [0.3, 0.4) is 0 Å². The molecule has 1 aromatic carbocycles. The summed E-state index contributed by atoms with van der Waals surface area (Å²) in [6.45, 7) is 2.86. The van der Waals surface area contributed by atoms with E-state index in [-0.39, 0.29) is 11.7 Å². The van der Waals surface area contributed by atoms with Crippen LogP contribution in [0, 0.1) is 6.92 Å². The fourth-order valence-electron chi connectivity index (χ4n) is 2.05. The number of thiophene rings is 1. The first kappa shape index (κ1) is 17.5. The zero-order valence-corrected chi connectivity index (χ0v) is 15.3. The molecule has 25 heavy (non-hydrogen) atoms. The van der Waals surface area contributed by atoms with Gasteiger partial charge in [0.15, 0.2) is 5.82 Å². The van der Waals surface area contributed by atoms with Crippen LogP contribution in [-0.4, -0.2) is 26.8 Å². The van der Waals surface area contributed by atoms with E-state index in [2.05, 4.69) is 20.5 Å². The van der Waals surface area contributed by atoms with Gasteiger partial charge in [-0.2, -0.15) is 0 Å². The average Bonchev–Trinajstić information content (AvgIpc) is 3.29. The molecule has 0 fully saturated rings. The van der Waals surface area contributed by atoms with Gasteiger partial charge in [-0.25, -0.2) is 4.98 Å². The van der Waals surface area contributed by atoms with E-state index in [1.165, 1.54) is 11.8 Å². The van der Waals surface area contributed by atoms with E-state index in [1.807, 2.05) is 48.7 Å². The topological polar surface area (TPSA) is 79.9 Å². The molecule has 3 rings (SSSR count). The lowest BCUT2D eigenvalue weighted by Crippen LogP contribution is -2.24. The number of thioether (sulfide) groups is 1. The Bertz CT molecular complexity index is 818. The monoisotopic (exact) mass is 374 g/mol. The number of nitrogens with one attached hydrogen (secondary N) is 2. The van der Waals surface area contributed by atoms with Crippen LogP contribution in [0.4, 0.5) is 0 Å². The van der Waals surface area contributed by atoms with Crippen LogP contribution in [0.25, 0.3) is 0 Å². The Kier molecular flexibility index (Phi) is 6.08. The Hall–Kier alpha value is -2.32. The molecule has 0 saturated carbocycles. The van der Waals surface area contributed by atoms with Gasteiger partial charge in [-0.3, -0.25) is 9.89 Å². The molecule has 2 heterocycles. The molecule has 0 spiro atoms. The van der Waals surface area contributed by atoms with Gasteiger partial charge in [-0.05, 0) is 30.0 Å². The number of carbonyl (C=O) groups excluding carboxylic acids is 1. The van der Waals surface area contributed by atoms with Crippen molar-refractivity contribution in [2.45, 2.75) is 25.2 Å². The second kappa shape index (κ2) is 8.68. The molecule has 6 nitrogen and oxygen atoms in total. The van der Waals surface area contributed by atoms with E-state index in [0.717, 1.165) is 16.2 Å². The van der Waals surface area contributed by atoms with Crippen molar-refractivity contribution in [1.82, 2.24) is 20.5 Å². The highest BCUT2D eigenvalue weighted by molar-refractivity contribution is 7.99. The van der Waals surface area contributed by atoms with Gasteiger partial charge in [-0.15, -0.1) is 16.4 Å². The van der Waals surface area contributed by atoms with Crippen LogP contribution in [0.5, 0.6) is 5.75 Å². The third-order valence-corrected chi connectivity index (χ3v) is 5.07. The van der Waals surface area contributed by atoms with E-state index in [0.29, 0.717) is 24.1 Å². The summed E-state index contributed by atoms with van der Waals surface area (Å²) in [5.41, 5.74) is 1.07. The molecule has 0 bridgehead atoms. The summed E-state index contributed by atoms with van der Waals surface area (Å²) in [4.78, 5) is 17.3. The van der Waals surface area contributed by atoms with E-state index in [9.17, 15) is 4.79 Å². The van der Waals surface area contributed by atoms with Gasteiger partial charge in [-0.1, -0.05) is 36.0 Å². The minimum atomic E-state index is -0.0408. The zero-order chi connectivity index (χ0) is 17.5. The predicted octanol–water partition coefficient (Wildman–Crippen LogP) is 3.16. The quantitative estimate of drug-likeness (QED) is 0.592. The summed E-state index contributed by atoms with van der Waals surface area (Å²) < 4.78 is 5.72. The van der Waals surface area contributed by atoms with E-state index in [1.54, 1.807) is 11.3 Å². The van der Waals surface area contributed by atoms with Crippen LogP contribution in [0.15, 0.2) is 46.9 Å². The van der Waals surface area contributed by atoms with E-state index >= 15 is 0 Å². The standard InChI is InChI=1S/C17H18N4O2S2/c1-12-5-2-3-7-14(12)23-10-15-19-17(21-20-15)25-11-16(22)18-9-13-6-4-8-24-13/h2-8H,9-11H2,1H3,(H,18,22)(H,19,20,21). The lowest BCUT2D eigenvalue weighted by atomic mass is 10.2. The lowest BCUT2D eigenvalue weighted by molar-refractivity contribution is -0.118. The number of carbonyl (C=O) groups is 1. The number of para-hydroxylation sites is 1. The highest BCUT2D eigenvalue weighted by Gasteiger charge is 2.09. The van der Waals surface area contributed by atoms with Crippen molar-refractivity contribution in [3.05, 3.63) is 58.0 Å². The largest absolute Gasteiger partial charge is 0.485 e. The van der Waals surface area contributed by atoms with Crippen LogP contribution in [-0.2, 0) is 17.9 Å². The number of aryl methyl sites for hydroxylation is 1. The first-order valence-electron chi connectivity index (χ1n) is 7.72. The summed E-state index contributed by atoms with van der Waals surface area (Å²) in [5.74, 6) is 1.69. The van der Waals surface area contributed by atoms with Crippen LogP contribution in [0.1, 0.15) is 16.3 Å². The molecule has 0 aliphatic heterocycles. The van der Waals surface area contributed by atoms with Gasteiger partial charge in [0.2, 0.25) is 11.1 Å². The number of amides is 1. The Morgan fingerprint density at radius 2 is 2.20 bits per heavy atom. The number of aromatic amines is 1. The first-order chi connectivity index (χ1) is 12.2. The molecule has 0 unspecified atom stereocenters. The number of ether oxygens (including phenoxy) is 1. The Morgan fingerprint density at radius 1 is 1.32 bits per heavy atom. The minimum Gasteiger partial charge on any atom is -0.485 e. The second-order valence-electron chi connectivity index (χ2n) is 5.26. The van der Waals surface area contributed by atoms with E-state index < -0.39 is 0 Å². The van der Waals surface area contributed by atoms with E-state index in [4.69, 9.17) is 4.74 Å². The van der Waals surface area contributed by atoms with Crippen LogP contribution in [0.2, 0.25) is 0 Å². The Morgan fingerprint density at radius 3 is 3.00 bits per heavy atom. The third-order valence-electron chi connectivity index (χ3n) is 3.34. The van der Waals surface area contributed by atoms with Crippen molar-refractivity contribution in [3.63, 3.8) is 0 Å². The first-order valence-corrected chi connectivity index (χ1v) is 9.59. The Balaban J connectivity index is 1.42. The number of benzene rings is 1. The highest BCUT2D eigenvalue weighted by Crippen LogP contribution is 2.18. The number of rotatable bonds is 8. The summed E-state index contributed by atoms with van der Waals surface area (Å²) in [7, 11) is 0. The van der Waals surface area contributed by atoms with Gasteiger partial charge < -0.3 is 10.1 Å². The molecule has 8 heteroatoms. The second-order valence-corrected chi connectivity index (χ2v) is 7.24. The van der Waals surface area contributed by atoms with Gasteiger partial charge in [0.25, 0.3) is 0 Å². The van der Waals surface area contributed by atoms with Crippen LogP contribution < -0.4 is 10.1 Å². The molecule has 3 aromatic rings. The number of hydrogen-bond acceptors (Lipinski definition) is 6. The normalized spacial score (nSPS) is 10.6. The fraction of sp³-hybridized carbons (Fsp3) is 0.235. The maximum Gasteiger partial charge on any atom is 0.230 e. The molecule has 0 atom stereocenters. The average molecular weight is 374 g/mol. The minimum absolute atomic E-state index is 0.0408. The SMILES string of the molecule is Cc1ccccc1OCc1nc(SCC(=O)NCc2cccs2)n[nH]1. The molecular weight excluding hydrogens is 356 g/mol. The van der Waals surface area contributed by atoms with Gasteiger partial charge >= 0.3 is 0 Å². The molecule has 1 amide bonds. The molecule has 0 aliphatic rings. The smallest absolute Gasteiger partial charge is 0.230 e. The molecule has 0 radical (unpaired) electrons. The Labute approximate surface area is 154 Å². The van der Waals surface area contributed by atoms with Crippen molar-refractivity contribution >= 4 is 29.0 Å². The molecule has 0 aliphatic carbocycles. The van der Waals surface area contributed by atoms with Gasteiger partial charge in [0, 0.05) is 4.88 Å². The van der Waals surface area contributed by atoms with Crippen LogP contribution >= 0.6 is 23.1 Å². The lowest BCUT2D eigenvalue weighted by Gasteiger charge is -2.06. The molecular formula is C17H18N4O2S2. The molecule has 2 N–H and O–H groups in total. The van der Waals surface area contributed by atoms with Crippen molar-refractivity contribution in [1.29, 1.82) is 0 Å². The summed E-state index contributed by atoms with van der Waals surface area (Å²) in [5, 5.41) is 12.3. The third kappa shape index (κ3) is 5.33. The van der Waals surface area contributed by atoms with Gasteiger partial charge in [0.1, 0.15) is 12.4 Å². The highest BCUT2D eigenvalue weighted by atomic mass is 32.2. The number of aromatic nitrogens is 3. The summed E-state index contributed by atoms with van der Waals surface area (Å²) in [6.07, 6.45) is 0. The van der Waals surface area contributed by atoms with Crippen molar-refractivity contribution in [2.75, 3.05) is 5.75 Å². The van der Waals surface area contributed by atoms with Crippen molar-refractivity contribution in [3.8, 4) is 5.75 Å². The maximum absolute atomic E-state index is 11.8. The molecule has 2 aromatic heterocycles. The maximum atomic E-state index is 11.8. The number of hydrogen-bond donors (Lipinski definition) is 2. The summed E-state index contributed by atoms with van der Waals surface area (Å²) >= 11 is 2.92. The predicted molar refractivity (Wildman–Crippen MR) is 98.8 cm³/mol. The number of H-pyrrole nitrogens is 1.